The van der Waals surface area contributed by atoms with Gasteiger partial charge in [-0.25, -0.2) is 9.37 Å². The van der Waals surface area contributed by atoms with Crippen LogP contribution >= 0.6 is 0 Å². The van der Waals surface area contributed by atoms with E-state index < -0.39 is 11.4 Å². The second-order valence-electron chi connectivity index (χ2n) is 7.10. The van der Waals surface area contributed by atoms with Crippen molar-refractivity contribution in [3.05, 3.63) is 29.8 Å². The van der Waals surface area contributed by atoms with Crippen LogP contribution in [0.2, 0.25) is 0 Å². The van der Waals surface area contributed by atoms with Crippen LogP contribution in [-0.2, 0) is 17.9 Å². The molecule has 6 heteroatoms. The minimum absolute atomic E-state index is 0.228. The average Bonchev–Trinajstić information content (AvgIpc) is 3.18. The molecule has 1 saturated heterocycles. The summed E-state index contributed by atoms with van der Waals surface area (Å²) in [5.74, 6) is 0.0769. The monoisotopic (exact) mass is 331 g/mol. The van der Waals surface area contributed by atoms with Gasteiger partial charge >= 0.3 is 5.97 Å². The molecule has 128 valence electrons. The van der Waals surface area contributed by atoms with Crippen molar-refractivity contribution in [3.63, 3.8) is 0 Å². The van der Waals surface area contributed by atoms with Gasteiger partial charge in [-0.15, -0.1) is 0 Å². The quantitative estimate of drug-likeness (QED) is 0.936. The highest BCUT2D eigenvalue weighted by molar-refractivity contribution is 5.77. The van der Waals surface area contributed by atoms with Gasteiger partial charge in [-0.3, -0.25) is 9.69 Å². The van der Waals surface area contributed by atoms with Crippen LogP contribution < -0.4 is 0 Å². The Bertz CT molecular complexity index is 803. The highest BCUT2D eigenvalue weighted by atomic mass is 19.1. The molecule has 1 aliphatic carbocycles. The molecular weight excluding hydrogens is 309 g/mol. The lowest BCUT2D eigenvalue weighted by atomic mass is 9.81. The molecule has 2 aromatic rings. The van der Waals surface area contributed by atoms with Crippen LogP contribution in [0.5, 0.6) is 0 Å². The number of halogens is 1. The molecule has 1 aromatic carbocycles. The zero-order valence-electron chi connectivity index (χ0n) is 13.8. The Morgan fingerprint density at radius 1 is 1.50 bits per heavy atom. The molecule has 0 radical (unpaired) electrons. The summed E-state index contributed by atoms with van der Waals surface area (Å²) in [6, 6.07) is 5.02. The molecule has 2 aliphatic rings. The highest BCUT2D eigenvalue weighted by Gasteiger charge is 2.54. The van der Waals surface area contributed by atoms with Crippen molar-refractivity contribution in [2.75, 3.05) is 13.1 Å². The van der Waals surface area contributed by atoms with Crippen molar-refractivity contribution in [1.82, 2.24) is 14.5 Å². The summed E-state index contributed by atoms with van der Waals surface area (Å²) < 4.78 is 16.0. The Kier molecular flexibility index (Phi) is 3.60. The van der Waals surface area contributed by atoms with E-state index in [-0.39, 0.29) is 11.7 Å². The van der Waals surface area contributed by atoms with Gasteiger partial charge in [0, 0.05) is 19.6 Å². The number of nitrogens with zero attached hydrogens (tertiary/aromatic N) is 3. The summed E-state index contributed by atoms with van der Waals surface area (Å²) in [6.45, 7) is 4.68. The molecular formula is C18H22FN3O2. The van der Waals surface area contributed by atoms with Crippen LogP contribution in [0.4, 0.5) is 4.39 Å². The van der Waals surface area contributed by atoms with Gasteiger partial charge in [0.15, 0.2) is 5.82 Å². The maximum absolute atomic E-state index is 14.0. The Hall–Kier alpha value is -1.95. The fourth-order valence-electron chi connectivity index (χ4n) is 4.70. The number of carboxylic acid groups (broad SMARTS) is 1. The molecule has 1 aliphatic heterocycles. The molecule has 4 rings (SSSR count). The number of benzene rings is 1. The Morgan fingerprint density at radius 2 is 2.33 bits per heavy atom. The molecule has 2 heterocycles. The van der Waals surface area contributed by atoms with Crippen molar-refractivity contribution < 1.29 is 14.3 Å². The molecule has 0 bridgehead atoms. The van der Waals surface area contributed by atoms with Gasteiger partial charge < -0.3 is 9.67 Å². The molecule has 0 amide bonds. The number of aromatic nitrogens is 2. The number of hydrogen-bond acceptors (Lipinski definition) is 3. The van der Waals surface area contributed by atoms with E-state index in [1.807, 2.05) is 17.6 Å². The largest absolute Gasteiger partial charge is 0.481 e. The third-order valence-electron chi connectivity index (χ3n) is 5.86. The first-order valence-electron chi connectivity index (χ1n) is 8.64. The lowest BCUT2D eigenvalue weighted by Gasteiger charge is -2.23. The summed E-state index contributed by atoms with van der Waals surface area (Å²) in [5, 5.41) is 9.71. The number of carbonyl (C=O) groups is 1. The average molecular weight is 331 g/mol. The molecule has 5 nitrogen and oxygen atoms in total. The number of aryl methyl sites for hydroxylation is 1. The summed E-state index contributed by atoms with van der Waals surface area (Å²) >= 11 is 0. The number of rotatable bonds is 4. The molecule has 1 N–H and O–H groups in total. The van der Waals surface area contributed by atoms with Gasteiger partial charge in [0.25, 0.3) is 0 Å². The van der Waals surface area contributed by atoms with E-state index >= 15 is 0 Å². The van der Waals surface area contributed by atoms with E-state index in [0.717, 1.165) is 43.7 Å². The number of hydrogen-bond donors (Lipinski definition) is 1. The van der Waals surface area contributed by atoms with Crippen LogP contribution in [-0.4, -0.2) is 38.6 Å². The standard InChI is InChI=1S/C18H22FN3O2/c1-2-22-14-7-3-6-13(19)16(14)20-15(22)10-21-9-12-5-4-8-18(12,11-21)17(23)24/h3,6-7,12H,2,4-5,8-11H2,1H3,(H,23,24)/t12-,18+/m0/s1. The number of para-hydroxylation sites is 1. The summed E-state index contributed by atoms with van der Waals surface area (Å²) in [4.78, 5) is 18.5. The molecule has 24 heavy (non-hydrogen) atoms. The van der Waals surface area contributed by atoms with Gasteiger partial charge in [-0.05, 0) is 37.8 Å². The number of fused-ring (bicyclic) bond motifs is 2. The number of imidazole rings is 1. The van der Waals surface area contributed by atoms with Crippen molar-refractivity contribution in [2.45, 2.75) is 39.3 Å². The van der Waals surface area contributed by atoms with Crippen LogP contribution in [0.1, 0.15) is 32.0 Å². The molecule has 2 fully saturated rings. The highest BCUT2D eigenvalue weighted by Crippen LogP contribution is 2.49. The fraction of sp³-hybridized carbons (Fsp3) is 0.556. The van der Waals surface area contributed by atoms with Crippen molar-refractivity contribution in [3.8, 4) is 0 Å². The SMILES string of the molecule is CCn1c(CN2C[C@@H]3CCC[C@@]3(C(=O)O)C2)nc2c(F)cccc21. The maximum Gasteiger partial charge on any atom is 0.311 e. The summed E-state index contributed by atoms with van der Waals surface area (Å²) in [6.07, 6.45) is 2.76. The van der Waals surface area contributed by atoms with Gasteiger partial charge in [0.05, 0.1) is 17.5 Å². The maximum atomic E-state index is 14.0. The van der Waals surface area contributed by atoms with Crippen LogP contribution in [0, 0.1) is 17.2 Å². The Morgan fingerprint density at radius 3 is 3.04 bits per heavy atom. The predicted octanol–water partition coefficient (Wildman–Crippen LogP) is 2.88. The first-order valence-corrected chi connectivity index (χ1v) is 8.64. The topological polar surface area (TPSA) is 58.4 Å². The number of aliphatic carboxylic acids is 1. The zero-order chi connectivity index (χ0) is 16.9. The smallest absolute Gasteiger partial charge is 0.311 e. The second kappa shape index (κ2) is 5.55. The zero-order valence-corrected chi connectivity index (χ0v) is 13.8. The first-order chi connectivity index (χ1) is 11.5. The van der Waals surface area contributed by atoms with E-state index in [0.29, 0.717) is 18.6 Å². The van der Waals surface area contributed by atoms with E-state index in [2.05, 4.69) is 9.88 Å². The van der Waals surface area contributed by atoms with Gasteiger partial charge in [-0.1, -0.05) is 12.5 Å². The predicted molar refractivity (Wildman–Crippen MR) is 88.1 cm³/mol. The van der Waals surface area contributed by atoms with E-state index in [1.165, 1.54) is 6.07 Å². The lowest BCUT2D eigenvalue weighted by Crippen LogP contribution is -2.35. The molecule has 2 atom stereocenters. The minimum Gasteiger partial charge on any atom is -0.481 e. The Labute approximate surface area is 140 Å². The number of carboxylic acids is 1. The van der Waals surface area contributed by atoms with Gasteiger partial charge in [0.2, 0.25) is 0 Å². The molecule has 0 spiro atoms. The van der Waals surface area contributed by atoms with Crippen molar-refractivity contribution in [2.24, 2.45) is 11.3 Å². The van der Waals surface area contributed by atoms with Crippen LogP contribution in [0.15, 0.2) is 18.2 Å². The normalized spacial score (nSPS) is 27.0. The van der Waals surface area contributed by atoms with Crippen LogP contribution in [0.25, 0.3) is 11.0 Å². The first kappa shape index (κ1) is 15.6. The van der Waals surface area contributed by atoms with Crippen LogP contribution in [0.3, 0.4) is 0 Å². The molecule has 0 unspecified atom stereocenters. The lowest BCUT2D eigenvalue weighted by molar-refractivity contribution is -0.149. The fourth-order valence-corrected chi connectivity index (χ4v) is 4.70. The second-order valence-corrected chi connectivity index (χ2v) is 7.10. The van der Waals surface area contributed by atoms with Gasteiger partial charge in [-0.2, -0.15) is 0 Å². The summed E-state index contributed by atoms with van der Waals surface area (Å²) in [7, 11) is 0. The van der Waals surface area contributed by atoms with Crippen molar-refractivity contribution >= 4 is 17.0 Å². The third-order valence-corrected chi connectivity index (χ3v) is 5.86. The van der Waals surface area contributed by atoms with E-state index in [1.54, 1.807) is 6.07 Å². The Balaban J connectivity index is 1.64. The van der Waals surface area contributed by atoms with Gasteiger partial charge in [0.1, 0.15) is 11.3 Å². The minimum atomic E-state index is -0.664. The third kappa shape index (κ3) is 2.16. The number of likely N-dealkylation sites (tertiary alicyclic amines) is 1. The molecule has 1 saturated carbocycles. The van der Waals surface area contributed by atoms with E-state index in [9.17, 15) is 14.3 Å². The van der Waals surface area contributed by atoms with Crippen molar-refractivity contribution in [1.29, 1.82) is 0 Å². The molecule has 1 aromatic heterocycles. The summed E-state index contributed by atoms with van der Waals surface area (Å²) in [5.41, 5.74) is 0.621. The van der Waals surface area contributed by atoms with E-state index in [4.69, 9.17) is 0 Å².